The predicted octanol–water partition coefficient (Wildman–Crippen LogP) is 0.883. The number of carboxylic acid groups (broad SMARTS) is 2. The molecule has 1 rings (SSSR count). The van der Waals surface area contributed by atoms with Crippen molar-refractivity contribution in [3.8, 4) is 0 Å². The molecule has 0 bridgehead atoms. The zero-order valence-corrected chi connectivity index (χ0v) is 12.1. The van der Waals surface area contributed by atoms with Gasteiger partial charge in [-0.2, -0.15) is 0 Å². The molecule has 0 aromatic carbocycles. The molecule has 0 saturated carbocycles. The fourth-order valence-corrected chi connectivity index (χ4v) is 1.24. The van der Waals surface area contributed by atoms with Crippen LogP contribution in [0.2, 0.25) is 0 Å². The molecule has 0 aromatic heterocycles. The predicted molar refractivity (Wildman–Crippen MR) is 68.2 cm³/mol. The number of carbonyl (C=O) groups excluding carboxylic acids is 1. The van der Waals surface area contributed by atoms with Crippen molar-refractivity contribution in [1.29, 1.82) is 0 Å². The quantitative estimate of drug-likeness (QED) is 0.720. The first kappa shape index (κ1) is 20.6. The lowest BCUT2D eigenvalue weighted by Crippen LogP contribution is -2.32. The summed E-state index contributed by atoms with van der Waals surface area (Å²) in [4.78, 5) is 28.6. The molecule has 1 heterocycles. The van der Waals surface area contributed by atoms with Gasteiger partial charge in [0.15, 0.2) is 6.29 Å². The van der Waals surface area contributed by atoms with Crippen LogP contribution in [0.3, 0.4) is 0 Å². The van der Waals surface area contributed by atoms with E-state index in [-0.39, 0.29) is 18.4 Å². The van der Waals surface area contributed by atoms with E-state index in [9.17, 15) is 4.79 Å². The molecule has 8 nitrogen and oxygen atoms in total. The van der Waals surface area contributed by atoms with Gasteiger partial charge in [0.2, 0.25) is 0 Å². The van der Waals surface area contributed by atoms with Gasteiger partial charge in [0.05, 0.1) is 6.61 Å². The van der Waals surface area contributed by atoms with E-state index in [1.54, 1.807) is 7.11 Å². The highest BCUT2D eigenvalue weighted by Gasteiger charge is 2.23. The van der Waals surface area contributed by atoms with Crippen LogP contribution in [-0.2, 0) is 28.6 Å². The maximum Gasteiger partial charge on any atom is 0.302 e. The van der Waals surface area contributed by atoms with Gasteiger partial charge in [-0.1, -0.05) is 0 Å². The maximum absolute atomic E-state index is 10.6. The lowest BCUT2D eigenvalue weighted by Gasteiger charge is -2.27. The molecular weight excluding hydrogens is 272 g/mol. The van der Waals surface area contributed by atoms with E-state index >= 15 is 0 Å². The van der Waals surface area contributed by atoms with Gasteiger partial charge in [0.25, 0.3) is 11.9 Å². The minimum absolute atomic E-state index is 0.0406. The van der Waals surface area contributed by atoms with Crippen molar-refractivity contribution in [3.63, 3.8) is 0 Å². The lowest BCUT2D eigenvalue weighted by molar-refractivity contribution is -0.185. The molecule has 1 fully saturated rings. The fraction of sp³-hybridized carbons (Fsp3) is 0.750. The molecule has 0 spiro atoms. The van der Waals surface area contributed by atoms with Crippen molar-refractivity contribution < 1.29 is 38.8 Å². The first-order valence-electron chi connectivity index (χ1n) is 5.89. The first-order valence-corrected chi connectivity index (χ1v) is 5.89. The second-order valence-corrected chi connectivity index (χ2v) is 3.83. The number of ether oxygens (including phenoxy) is 3. The van der Waals surface area contributed by atoms with Gasteiger partial charge in [0.1, 0.15) is 6.10 Å². The normalized spacial score (nSPS) is 20.4. The molecule has 2 atom stereocenters. The van der Waals surface area contributed by atoms with Crippen molar-refractivity contribution >= 4 is 17.9 Å². The highest BCUT2D eigenvalue weighted by Crippen LogP contribution is 2.17. The SMILES string of the molecule is CC(=O)O.CC(=O)O.CO[C@H]1C[C@@H](OC(C)=O)CCO1. The van der Waals surface area contributed by atoms with E-state index in [1.165, 1.54) is 6.92 Å². The summed E-state index contributed by atoms with van der Waals surface area (Å²) in [7, 11) is 1.58. The summed E-state index contributed by atoms with van der Waals surface area (Å²) in [6.07, 6.45) is 1.14. The van der Waals surface area contributed by atoms with Crippen LogP contribution in [0.25, 0.3) is 0 Å². The zero-order valence-electron chi connectivity index (χ0n) is 12.1. The number of carbonyl (C=O) groups is 3. The number of esters is 1. The molecule has 118 valence electrons. The minimum Gasteiger partial charge on any atom is -0.481 e. The summed E-state index contributed by atoms with van der Waals surface area (Å²) >= 11 is 0. The number of aliphatic carboxylic acids is 2. The van der Waals surface area contributed by atoms with E-state index in [0.29, 0.717) is 13.0 Å². The summed E-state index contributed by atoms with van der Waals surface area (Å²) in [5, 5.41) is 14.8. The lowest BCUT2D eigenvalue weighted by atomic mass is 10.1. The smallest absolute Gasteiger partial charge is 0.302 e. The Morgan fingerprint density at radius 1 is 1.10 bits per heavy atom. The van der Waals surface area contributed by atoms with Gasteiger partial charge in [-0.15, -0.1) is 0 Å². The summed E-state index contributed by atoms with van der Waals surface area (Å²) in [5.74, 6) is -1.91. The van der Waals surface area contributed by atoms with Crippen LogP contribution in [0, 0.1) is 0 Å². The standard InChI is InChI=1S/C8H14O4.2C2H4O2/c1-6(9)12-7-3-4-11-8(5-7)10-2;2*1-2(3)4/h7-8H,3-5H2,1-2H3;2*1H3,(H,3,4)/t7-,8+;;/m0../s1. The van der Waals surface area contributed by atoms with Crippen LogP contribution in [-0.4, -0.2) is 54.2 Å². The second-order valence-electron chi connectivity index (χ2n) is 3.83. The van der Waals surface area contributed by atoms with Gasteiger partial charge in [0, 0.05) is 40.7 Å². The topological polar surface area (TPSA) is 119 Å². The molecule has 8 heteroatoms. The van der Waals surface area contributed by atoms with Crippen molar-refractivity contribution in [2.75, 3.05) is 13.7 Å². The Hall–Kier alpha value is -1.67. The largest absolute Gasteiger partial charge is 0.481 e. The Morgan fingerprint density at radius 2 is 1.55 bits per heavy atom. The molecular formula is C12H22O8. The minimum atomic E-state index is -0.833. The molecule has 1 aliphatic heterocycles. The molecule has 0 aliphatic carbocycles. The summed E-state index contributed by atoms with van der Waals surface area (Å²) < 4.78 is 15.2. The van der Waals surface area contributed by atoms with E-state index in [0.717, 1.165) is 20.3 Å². The molecule has 0 radical (unpaired) electrons. The first-order chi connectivity index (χ1) is 9.18. The number of methoxy groups -OCH3 is 1. The average Bonchev–Trinajstić information content (AvgIpc) is 2.26. The zero-order chi connectivity index (χ0) is 16.1. The van der Waals surface area contributed by atoms with Crippen LogP contribution >= 0.6 is 0 Å². The third-order valence-electron chi connectivity index (χ3n) is 1.79. The molecule has 0 unspecified atom stereocenters. The molecule has 20 heavy (non-hydrogen) atoms. The van der Waals surface area contributed by atoms with Crippen LogP contribution < -0.4 is 0 Å². The fourth-order valence-electron chi connectivity index (χ4n) is 1.24. The van der Waals surface area contributed by atoms with Crippen molar-refractivity contribution in [2.45, 2.75) is 46.0 Å². The highest BCUT2D eigenvalue weighted by molar-refractivity contribution is 5.66. The third-order valence-corrected chi connectivity index (χ3v) is 1.79. The van der Waals surface area contributed by atoms with Crippen LogP contribution in [0.1, 0.15) is 33.6 Å². The number of hydrogen-bond acceptors (Lipinski definition) is 6. The van der Waals surface area contributed by atoms with E-state index in [1.807, 2.05) is 0 Å². The Bertz CT molecular complexity index is 282. The number of hydrogen-bond donors (Lipinski definition) is 2. The summed E-state index contributed by atoms with van der Waals surface area (Å²) in [6.45, 7) is 4.17. The molecule has 1 aliphatic rings. The van der Waals surface area contributed by atoms with Crippen molar-refractivity contribution in [3.05, 3.63) is 0 Å². The Kier molecular flexibility index (Phi) is 12.8. The number of rotatable bonds is 2. The van der Waals surface area contributed by atoms with Crippen molar-refractivity contribution in [2.24, 2.45) is 0 Å². The van der Waals surface area contributed by atoms with Crippen LogP contribution in [0.4, 0.5) is 0 Å². The molecule has 1 saturated heterocycles. The van der Waals surface area contributed by atoms with Gasteiger partial charge in [-0.25, -0.2) is 0 Å². The van der Waals surface area contributed by atoms with E-state index < -0.39 is 11.9 Å². The highest BCUT2D eigenvalue weighted by atomic mass is 16.7. The maximum atomic E-state index is 10.6. The average molecular weight is 294 g/mol. The van der Waals surface area contributed by atoms with Gasteiger partial charge >= 0.3 is 5.97 Å². The van der Waals surface area contributed by atoms with Crippen LogP contribution in [0.5, 0.6) is 0 Å². The van der Waals surface area contributed by atoms with E-state index in [4.69, 9.17) is 34.0 Å². The monoisotopic (exact) mass is 294 g/mol. The second kappa shape index (κ2) is 12.4. The van der Waals surface area contributed by atoms with Gasteiger partial charge in [-0.05, 0) is 0 Å². The van der Waals surface area contributed by atoms with Crippen LogP contribution in [0.15, 0.2) is 0 Å². The molecule has 0 amide bonds. The Balaban J connectivity index is 0. The Labute approximate surface area is 117 Å². The van der Waals surface area contributed by atoms with Crippen molar-refractivity contribution in [1.82, 2.24) is 0 Å². The summed E-state index contributed by atoms with van der Waals surface area (Å²) in [6, 6.07) is 0. The molecule has 2 N–H and O–H groups in total. The molecule has 0 aromatic rings. The Morgan fingerprint density at radius 3 is 1.90 bits per heavy atom. The van der Waals surface area contributed by atoms with Gasteiger partial charge < -0.3 is 24.4 Å². The summed E-state index contributed by atoms with van der Waals surface area (Å²) in [5.41, 5.74) is 0. The van der Waals surface area contributed by atoms with Gasteiger partial charge in [-0.3, -0.25) is 14.4 Å². The number of carboxylic acids is 2. The van der Waals surface area contributed by atoms with E-state index in [2.05, 4.69) is 0 Å². The third kappa shape index (κ3) is 18.7.